The van der Waals surface area contributed by atoms with Gasteiger partial charge in [-0.3, -0.25) is 19.2 Å². The molecular weight excluding hydrogens is 750 g/mol. The minimum atomic E-state index is -4.51. The molecule has 2 heterocycles. The lowest BCUT2D eigenvalue weighted by Gasteiger charge is -2.10. The predicted molar refractivity (Wildman–Crippen MR) is 190 cm³/mol. The SMILES string of the molecule is Cc1cc(C(=O)Nc2cccc(C(=O)Nc3cccc(C(F)(F)F)c3)c2)on1.Cc1cc(C(=O)Nc2cccc(C(=O)Nc3cccc(C(F)(F)F)c3)c2)on1. The highest BCUT2D eigenvalue weighted by molar-refractivity contribution is 6.07. The smallest absolute Gasteiger partial charge is 0.351 e. The molecule has 0 saturated heterocycles. The van der Waals surface area contributed by atoms with Crippen LogP contribution in [0.25, 0.3) is 0 Å². The van der Waals surface area contributed by atoms with Gasteiger partial charge in [0.05, 0.1) is 22.5 Å². The van der Waals surface area contributed by atoms with Gasteiger partial charge in [-0.25, -0.2) is 0 Å². The number of nitrogens with one attached hydrogen (secondary N) is 4. The summed E-state index contributed by atoms with van der Waals surface area (Å²) in [6.45, 7) is 3.33. The predicted octanol–water partition coefficient (Wildman–Crippen LogP) is 9.01. The number of aromatic nitrogens is 2. The largest absolute Gasteiger partial charge is 0.416 e. The molecule has 0 radical (unpaired) electrons. The summed E-state index contributed by atoms with van der Waals surface area (Å²) in [7, 11) is 0. The number of carbonyl (C=O) groups is 4. The maximum atomic E-state index is 12.8. The first-order valence-corrected chi connectivity index (χ1v) is 16.1. The molecule has 4 aromatic carbocycles. The molecule has 6 rings (SSSR count). The number of hydrogen-bond donors (Lipinski definition) is 4. The van der Waals surface area contributed by atoms with E-state index >= 15 is 0 Å². The van der Waals surface area contributed by atoms with Crippen molar-refractivity contribution in [3.8, 4) is 0 Å². The summed E-state index contributed by atoms with van der Waals surface area (Å²) < 4.78 is 86.4. The number of amides is 4. The van der Waals surface area contributed by atoms with Crippen molar-refractivity contribution in [2.45, 2.75) is 26.2 Å². The van der Waals surface area contributed by atoms with Crippen LogP contribution in [-0.2, 0) is 12.4 Å². The number of halogens is 6. The van der Waals surface area contributed by atoms with Gasteiger partial charge in [0.2, 0.25) is 11.5 Å². The fraction of sp³-hybridized carbons (Fsp3) is 0.105. The van der Waals surface area contributed by atoms with Crippen molar-refractivity contribution in [1.29, 1.82) is 0 Å². The van der Waals surface area contributed by atoms with Crippen LogP contribution in [0.3, 0.4) is 0 Å². The van der Waals surface area contributed by atoms with Gasteiger partial charge in [0.25, 0.3) is 23.6 Å². The molecule has 288 valence electrons. The van der Waals surface area contributed by atoms with Gasteiger partial charge in [-0.2, -0.15) is 26.3 Å². The lowest BCUT2D eigenvalue weighted by Crippen LogP contribution is -2.15. The van der Waals surface area contributed by atoms with Crippen molar-refractivity contribution < 1.29 is 54.6 Å². The first-order chi connectivity index (χ1) is 26.4. The maximum Gasteiger partial charge on any atom is 0.416 e. The van der Waals surface area contributed by atoms with Gasteiger partial charge < -0.3 is 30.3 Å². The van der Waals surface area contributed by atoms with Crippen LogP contribution in [-0.4, -0.2) is 33.9 Å². The molecular formula is C38H28F6N6O6. The molecule has 0 aliphatic rings. The number of hydrogen-bond acceptors (Lipinski definition) is 8. The number of rotatable bonds is 8. The summed E-state index contributed by atoms with van der Waals surface area (Å²) in [6, 6.07) is 23.4. The molecule has 56 heavy (non-hydrogen) atoms. The van der Waals surface area contributed by atoms with Crippen LogP contribution in [0.2, 0.25) is 0 Å². The fourth-order valence-corrected chi connectivity index (χ4v) is 4.76. The second-order valence-electron chi connectivity index (χ2n) is 11.8. The number of benzene rings is 4. The molecule has 0 saturated carbocycles. The number of carbonyl (C=O) groups excluding carboxylic acids is 4. The number of aryl methyl sites for hydroxylation is 2. The maximum absolute atomic E-state index is 12.8. The van der Waals surface area contributed by atoms with Crippen LogP contribution in [0.5, 0.6) is 0 Å². The number of alkyl halides is 6. The third-order valence-corrected chi connectivity index (χ3v) is 7.36. The van der Waals surface area contributed by atoms with E-state index in [0.717, 1.165) is 24.3 Å². The van der Waals surface area contributed by atoms with Crippen LogP contribution in [0.4, 0.5) is 49.1 Å². The molecule has 18 heteroatoms. The second-order valence-corrected chi connectivity index (χ2v) is 11.8. The highest BCUT2D eigenvalue weighted by Gasteiger charge is 2.31. The van der Waals surface area contributed by atoms with Gasteiger partial charge in [-0.05, 0) is 86.6 Å². The van der Waals surface area contributed by atoms with Crippen LogP contribution in [0.15, 0.2) is 118 Å². The summed E-state index contributed by atoms with van der Waals surface area (Å²) in [5, 5.41) is 17.2. The molecule has 4 amide bonds. The van der Waals surface area contributed by atoms with Gasteiger partial charge >= 0.3 is 12.4 Å². The van der Waals surface area contributed by atoms with Crippen LogP contribution >= 0.6 is 0 Å². The van der Waals surface area contributed by atoms with E-state index < -0.39 is 47.1 Å². The Morgan fingerprint density at radius 1 is 0.464 bits per heavy atom. The summed E-state index contributed by atoms with van der Waals surface area (Å²) in [5.74, 6) is -2.31. The summed E-state index contributed by atoms with van der Waals surface area (Å²) in [4.78, 5) is 48.9. The van der Waals surface area contributed by atoms with Crippen molar-refractivity contribution >= 4 is 46.4 Å². The summed E-state index contributed by atoms with van der Waals surface area (Å²) in [6.07, 6.45) is -9.02. The van der Waals surface area contributed by atoms with Gasteiger partial charge in [-0.1, -0.05) is 34.6 Å². The Labute approximate surface area is 312 Å². The van der Waals surface area contributed by atoms with Crippen LogP contribution in [0, 0.1) is 13.8 Å². The van der Waals surface area contributed by atoms with Crippen molar-refractivity contribution in [3.63, 3.8) is 0 Å². The minimum absolute atomic E-state index is 0.00592. The van der Waals surface area contributed by atoms with E-state index in [1.165, 1.54) is 72.8 Å². The Bertz CT molecular complexity index is 2220. The van der Waals surface area contributed by atoms with Gasteiger partial charge in [0, 0.05) is 46.0 Å². The Hall–Kier alpha value is -7.24. The number of anilines is 4. The van der Waals surface area contributed by atoms with Gasteiger partial charge in [-0.15, -0.1) is 0 Å². The molecule has 12 nitrogen and oxygen atoms in total. The zero-order chi connectivity index (χ0) is 40.6. The Balaban J connectivity index is 0.000000214. The average Bonchev–Trinajstić information content (AvgIpc) is 3.80. The molecule has 0 unspecified atom stereocenters. The van der Waals surface area contributed by atoms with Crippen molar-refractivity contribution in [2.75, 3.05) is 21.3 Å². The lowest BCUT2D eigenvalue weighted by molar-refractivity contribution is -0.138. The zero-order valence-electron chi connectivity index (χ0n) is 29.0. The first kappa shape index (κ1) is 40.0. The van der Waals surface area contributed by atoms with Gasteiger partial charge in [0.1, 0.15) is 0 Å². The van der Waals surface area contributed by atoms with Crippen LogP contribution < -0.4 is 21.3 Å². The molecule has 6 aromatic rings. The highest BCUT2D eigenvalue weighted by atomic mass is 19.4. The molecule has 0 aliphatic heterocycles. The van der Waals surface area contributed by atoms with E-state index in [-0.39, 0.29) is 34.0 Å². The normalized spacial score (nSPS) is 11.1. The number of nitrogens with zero attached hydrogens (tertiary/aromatic N) is 2. The van der Waals surface area contributed by atoms with Crippen molar-refractivity contribution in [3.05, 3.63) is 154 Å². The summed E-state index contributed by atoms with van der Waals surface area (Å²) in [5.41, 5.74) is 0.304. The Morgan fingerprint density at radius 3 is 1.11 bits per heavy atom. The van der Waals surface area contributed by atoms with Gasteiger partial charge in [0.15, 0.2) is 0 Å². The monoisotopic (exact) mass is 778 g/mol. The molecule has 0 spiro atoms. The lowest BCUT2D eigenvalue weighted by atomic mass is 10.1. The quantitative estimate of drug-likeness (QED) is 0.111. The highest BCUT2D eigenvalue weighted by Crippen LogP contribution is 2.32. The molecule has 4 N–H and O–H groups in total. The van der Waals surface area contributed by atoms with E-state index in [2.05, 4.69) is 31.6 Å². The molecule has 0 aliphatic carbocycles. The molecule has 2 aromatic heterocycles. The third kappa shape index (κ3) is 10.9. The molecule has 0 atom stereocenters. The Morgan fingerprint density at radius 2 is 0.786 bits per heavy atom. The fourth-order valence-electron chi connectivity index (χ4n) is 4.76. The molecule has 0 fully saturated rings. The Kier molecular flexibility index (Phi) is 12.0. The minimum Gasteiger partial charge on any atom is -0.351 e. The first-order valence-electron chi connectivity index (χ1n) is 16.1. The van der Waals surface area contributed by atoms with E-state index in [9.17, 15) is 45.5 Å². The van der Waals surface area contributed by atoms with E-state index in [0.29, 0.717) is 22.8 Å². The van der Waals surface area contributed by atoms with E-state index in [1.807, 2.05) is 0 Å². The topological polar surface area (TPSA) is 168 Å². The third-order valence-electron chi connectivity index (χ3n) is 7.36. The van der Waals surface area contributed by atoms with Crippen molar-refractivity contribution in [1.82, 2.24) is 10.3 Å². The standard InChI is InChI=1S/2C19H14F3N3O3/c2*1-11-8-16(28-25-11)18(27)24-14-6-2-4-12(9-14)17(26)23-15-7-3-5-13(10-15)19(20,21)22/h2*2-10H,1H3,(H,23,26)(H,24,27). The van der Waals surface area contributed by atoms with Crippen LogP contribution in [0.1, 0.15) is 64.3 Å². The van der Waals surface area contributed by atoms with E-state index in [1.54, 1.807) is 26.0 Å². The second kappa shape index (κ2) is 16.8. The summed E-state index contributed by atoms with van der Waals surface area (Å²) >= 11 is 0. The average molecular weight is 779 g/mol. The molecule has 0 bridgehead atoms. The van der Waals surface area contributed by atoms with Crippen molar-refractivity contribution in [2.24, 2.45) is 0 Å². The zero-order valence-corrected chi connectivity index (χ0v) is 29.0. The van der Waals surface area contributed by atoms with E-state index in [4.69, 9.17) is 9.05 Å².